The van der Waals surface area contributed by atoms with Crippen LogP contribution in [0.5, 0.6) is 5.75 Å². The van der Waals surface area contributed by atoms with E-state index in [1.54, 1.807) is 4.90 Å². The van der Waals surface area contributed by atoms with Gasteiger partial charge in [0.2, 0.25) is 0 Å². The first-order valence-electron chi connectivity index (χ1n) is 6.37. The van der Waals surface area contributed by atoms with Gasteiger partial charge in [0.15, 0.2) is 24.0 Å². The topological polar surface area (TPSA) is 55.8 Å². The summed E-state index contributed by atoms with van der Waals surface area (Å²) in [5.74, 6) is -1.10. The molecular formula is C14H16FNO4. The summed E-state index contributed by atoms with van der Waals surface area (Å²) in [6.07, 6.45) is 0. The van der Waals surface area contributed by atoms with Crippen LogP contribution >= 0.6 is 0 Å². The van der Waals surface area contributed by atoms with Crippen molar-refractivity contribution in [2.45, 2.75) is 6.92 Å². The molecule has 1 amide bonds. The van der Waals surface area contributed by atoms with Gasteiger partial charge in [0, 0.05) is 18.7 Å². The predicted molar refractivity (Wildman–Crippen MR) is 69.3 cm³/mol. The van der Waals surface area contributed by atoms with Crippen molar-refractivity contribution in [1.29, 1.82) is 0 Å². The summed E-state index contributed by atoms with van der Waals surface area (Å²) in [6.45, 7) is 3.19. The number of carbonyl (C=O) groups excluding carboxylic acids is 2. The highest BCUT2D eigenvalue weighted by atomic mass is 19.1. The number of halogens is 1. The fraction of sp³-hybridized carbons (Fsp3) is 0.429. The second-order valence-corrected chi connectivity index (χ2v) is 4.48. The third-order valence-corrected chi connectivity index (χ3v) is 3.05. The first-order chi connectivity index (χ1) is 9.58. The van der Waals surface area contributed by atoms with Crippen LogP contribution in [0.3, 0.4) is 0 Å². The van der Waals surface area contributed by atoms with Crippen LogP contribution < -0.4 is 4.74 Å². The van der Waals surface area contributed by atoms with E-state index in [0.29, 0.717) is 26.3 Å². The Balaban J connectivity index is 1.93. The highest BCUT2D eigenvalue weighted by Gasteiger charge is 2.18. The van der Waals surface area contributed by atoms with Crippen molar-refractivity contribution >= 4 is 11.7 Å². The summed E-state index contributed by atoms with van der Waals surface area (Å²) in [4.78, 5) is 24.5. The van der Waals surface area contributed by atoms with Crippen LogP contribution in [0.15, 0.2) is 18.2 Å². The average Bonchev–Trinajstić information content (AvgIpc) is 2.46. The number of ketones is 1. The van der Waals surface area contributed by atoms with E-state index >= 15 is 0 Å². The van der Waals surface area contributed by atoms with Gasteiger partial charge < -0.3 is 14.4 Å². The molecule has 0 radical (unpaired) electrons. The fourth-order valence-electron chi connectivity index (χ4n) is 1.88. The van der Waals surface area contributed by atoms with E-state index in [1.165, 1.54) is 19.1 Å². The molecule has 6 heteroatoms. The Labute approximate surface area is 116 Å². The molecule has 5 nitrogen and oxygen atoms in total. The molecule has 0 unspecified atom stereocenters. The number of benzene rings is 1. The van der Waals surface area contributed by atoms with Crippen LogP contribution in [0.1, 0.15) is 17.3 Å². The molecule has 1 fully saturated rings. The first kappa shape index (κ1) is 14.5. The summed E-state index contributed by atoms with van der Waals surface area (Å²) < 4.78 is 24.0. The smallest absolute Gasteiger partial charge is 0.260 e. The van der Waals surface area contributed by atoms with Crippen LogP contribution in [-0.2, 0) is 9.53 Å². The Kier molecular flexibility index (Phi) is 4.68. The van der Waals surface area contributed by atoms with E-state index in [2.05, 4.69) is 0 Å². The maximum absolute atomic E-state index is 13.7. The molecule has 0 aromatic heterocycles. The SMILES string of the molecule is CC(=O)c1ccc(OCC(=O)N2CCOCC2)c(F)c1. The van der Waals surface area contributed by atoms with Crippen LogP contribution in [0.2, 0.25) is 0 Å². The summed E-state index contributed by atoms with van der Waals surface area (Å²) in [5, 5.41) is 0. The Bertz CT molecular complexity index is 512. The number of ether oxygens (including phenoxy) is 2. The molecule has 108 valence electrons. The molecule has 0 saturated carbocycles. The molecule has 1 aliphatic heterocycles. The standard InChI is InChI=1S/C14H16FNO4/c1-10(17)11-2-3-13(12(15)8-11)20-9-14(18)16-4-6-19-7-5-16/h2-3,8H,4-7,9H2,1H3. The fourth-order valence-corrected chi connectivity index (χ4v) is 1.88. The largest absolute Gasteiger partial charge is 0.481 e. The molecule has 0 spiro atoms. The number of hydrogen-bond donors (Lipinski definition) is 0. The number of rotatable bonds is 4. The van der Waals surface area contributed by atoms with Crippen molar-refractivity contribution in [3.8, 4) is 5.75 Å². The van der Waals surface area contributed by atoms with E-state index in [0.717, 1.165) is 6.07 Å². The zero-order valence-electron chi connectivity index (χ0n) is 11.2. The molecule has 1 aromatic rings. The first-order valence-corrected chi connectivity index (χ1v) is 6.37. The maximum Gasteiger partial charge on any atom is 0.260 e. The number of carbonyl (C=O) groups is 2. The minimum atomic E-state index is -0.646. The van der Waals surface area contributed by atoms with Gasteiger partial charge in [-0.1, -0.05) is 0 Å². The lowest BCUT2D eigenvalue weighted by Crippen LogP contribution is -2.43. The Morgan fingerprint density at radius 2 is 2.05 bits per heavy atom. The molecular weight excluding hydrogens is 265 g/mol. The monoisotopic (exact) mass is 281 g/mol. The van der Waals surface area contributed by atoms with Crippen LogP contribution in [-0.4, -0.2) is 49.5 Å². The maximum atomic E-state index is 13.7. The Morgan fingerprint density at radius 3 is 2.65 bits per heavy atom. The van der Waals surface area contributed by atoms with Gasteiger partial charge in [-0.15, -0.1) is 0 Å². The number of Topliss-reactive ketones (excluding diaryl/α,β-unsaturated/α-hetero) is 1. The lowest BCUT2D eigenvalue weighted by Gasteiger charge is -2.26. The third-order valence-electron chi connectivity index (χ3n) is 3.05. The molecule has 1 aromatic carbocycles. The van der Waals surface area contributed by atoms with Crippen LogP contribution in [0, 0.1) is 5.82 Å². The van der Waals surface area contributed by atoms with Gasteiger partial charge in [0.1, 0.15) is 0 Å². The molecule has 0 N–H and O–H groups in total. The number of morpholine rings is 1. The molecule has 1 aliphatic rings. The van der Waals surface area contributed by atoms with E-state index in [-0.39, 0.29) is 29.6 Å². The van der Waals surface area contributed by atoms with Crippen molar-refractivity contribution in [2.24, 2.45) is 0 Å². The summed E-state index contributed by atoms with van der Waals surface area (Å²) >= 11 is 0. The predicted octanol–water partition coefficient (Wildman–Crippen LogP) is 1.27. The molecule has 0 aliphatic carbocycles. The van der Waals surface area contributed by atoms with Gasteiger partial charge in [-0.05, 0) is 25.1 Å². The summed E-state index contributed by atoms with van der Waals surface area (Å²) in [5.41, 5.74) is 0.273. The highest BCUT2D eigenvalue weighted by Crippen LogP contribution is 2.18. The van der Waals surface area contributed by atoms with E-state index in [9.17, 15) is 14.0 Å². The van der Waals surface area contributed by atoms with E-state index < -0.39 is 5.82 Å². The second-order valence-electron chi connectivity index (χ2n) is 4.48. The van der Waals surface area contributed by atoms with Gasteiger partial charge >= 0.3 is 0 Å². The minimum absolute atomic E-state index is 0.0309. The van der Waals surface area contributed by atoms with Gasteiger partial charge in [-0.2, -0.15) is 0 Å². The third kappa shape index (κ3) is 3.54. The number of amides is 1. The van der Waals surface area contributed by atoms with Gasteiger partial charge in [-0.3, -0.25) is 9.59 Å². The zero-order valence-corrected chi connectivity index (χ0v) is 11.2. The number of hydrogen-bond acceptors (Lipinski definition) is 4. The van der Waals surface area contributed by atoms with E-state index in [1.807, 2.05) is 0 Å². The number of nitrogens with zero attached hydrogens (tertiary/aromatic N) is 1. The lowest BCUT2D eigenvalue weighted by atomic mass is 10.1. The Hall–Kier alpha value is -1.95. The average molecular weight is 281 g/mol. The van der Waals surface area contributed by atoms with Crippen molar-refractivity contribution in [2.75, 3.05) is 32.9 Å². The highest BCUT2D eigenvalue weighted by molar-refractivity contribution is 5.94. The van der Waals surface area contributed by atoms with E-state index in [4.69, 9.17) is 9.47 Å². The normalized spacial score (nSPS) is 15.0. The van der Waals surface area contributed by atoms with Gasteiger partial charge in [-0.25, -0.2) is 4.39 Å². The van der Waals surface area contributed by atoms with Crippen molar-refractivity contribution < 1.29 is 23.5 Å². The molecule has 0 atom stereocenters. The van der Waals surface area contributed by atoms with Crippen molar-refractivity contribution in [1.82, 2.24) is 4.90 Å². The quantitative estimate of drug-likeness (QED) is 0.780. The Morgan fingerprint density at radius 1 is 1.35 bits per heavy atom. The second kappa shape index (κ2) is 6.47. The minimum Gasteiger partial charge on any atom is -0.481 e. The molecule has 1 saturated heterocycles. The van der Waals surface area contributed by atoms with Gasteiger partial charge in [0.25, 0.3) is 5.91 Å². The molecule has 2 rings (SSSR count). The van der Waals surface area contributed by atoms with Crippen molar-refractivity contribution in [3.05, 3.63) is 29.6 Å². The summed E-state index contributed by atoms with van der Waals surface area (Å²) in [6, 6.07) is 3.94. The molecule has 0 bridgehead atoms. The zero-order chi connectivity index (χ0) is 14.5. The van der Waals surface area contributed by atoms with Crippen LogP contribution in [0.25, 0.3) is 0 Å². The molecule has 20 heavy (non-hydrogen) atoms. The lowest BCUT2D eigenvalue weighted by molar-refractivity contribution is -0.137. The van der Waals surface area contributed by atoms with Gasteiger partial charge in [0.05, 0.1) is 13.2 Å². The van der Waals surface area contributed by atoms with Crippen molar-refractivity contribution in [3.63, 3.8) is 0 Å². The van der Waals surface area contributed by atoms with Crippen LogP contribution in [0.4, 0.5) is 4.39 Å². The summed E-state index contributed by atoms with van der Waals surface area (Å²) in [7, 11) is 0. The molecule has 1 heterocycles.